The smallest absolute Gasteiger partial charge is 0.123 e. The zero-order chi connectivity index (χ0) is 11.9. The third-order valence-corrected chi connectivity index (χ3v) is 4.63. The van der Waals surface area contributed by atoms with Gasteiger partial charge in [0.2, 0.25) is 0 Å². The monoisotopic (exact) mass is 229 g/mol. The molecule has 3 unspecified atom stereocenters. The normalized spacial score (nSPS) is 34.8. The van der Waals surface area contributed by atoms with Crippen LogP contribution in [0.3, 0.4) is 0 Å². The Kier molecular flexibility index (Phi) is 2.43. The standard InChI is InChI=1S/C15H16FN/c16-14-5-2-11(3-6-14)8-15(10-17)9-12-1-4-13(15)7-12/h2-3,5-6,12-13H,1,4,7-9H2. The summed E-state index contributed by atoms with van der Waals surface area (Å²) in [7, 11) is 0. The van der Waals surface area contributed by atoms with Crippen molar-refractivity contribution in [3.8, 4) is 6.07 Å². The molecule has 1 nitrogen and oxygen atoms in total. The Labute approximate surface area is 101 Å². The maximum Gasteiger partial charge on any atom is 0.123 e. The van der Waals surface area contributed by atoms with E-state index in [-0.39, 0.29) is 11.2 Å². The molecule has 1 aromatic rings. The first-order chi connectivity index (χ1) is 8.22. The van der Waals surface area contributed by atoms with Crippen molar-refractivity contribution in [2.24, 2.45) is 17.3 Å². The third-order valence-electron chi connectivity index (χ3n) is 4.63. The van der Waals surface area contributed by atoms with Gasteiger partial charge in [0, 0.05) is 0 Å². The number of rotatable bonds is 2. The summed E-state index contributed by atoms with van der Waals surface area (Å²) >= 11 is 0. The minimum atomic E-state index is -0.201. The summed E-state index contributed by atoms with van der Waals surface area (Å²) in [6, 6.07) is 9.21. The summed E-state index contributed by atoms with van der Waals surface area (Å²) in [4.78, 5) is 0. The summed E-state index contributed by atoms with van der Waals surface area (Å²) in [5.74, 6) is 1.13. The molecule has 0 amide bonds. The van der Waals surface area contributed by atoms with E-state index in [0.29, 0.717) is 5.92 Å². The van der Waals surface area contributed by atoms with Crippen molar-refractivity contribution in [3.63, 3.8) is 0 Å². The summed E-state index contributed by atoms with van der Waals surface area (Å²) in [6.45, 7) is 0. The lowest BCUT2D eigenvalue weighted by atomic mass is 9.70. The minimum absolute atomic E-state index is 0.166. The van der Waals surface area contributed by atoms with Crippen LogP contribution in [0.1, 0.15) is 31.2 Å². The van der Waals surface area contributed by atoms with Crippen LogP contribution in [0, 0.1) is 34.4 Å². The topological polar surface area (TPSA) is 23.8 Å². The molecule has 0 heterocycles. The van der Waals surface area contributed by atoms with Gasteiger partial charge in [-0.25, -0.2) is 4.39 Å². The zero-order valence-corrected chi connectivity index (χ0v) is 9.82. The van der Waals surface area contributed by atoms with E-state index in [2.05, 4.69) is 6.07 Å². The lowest BCUT2D eigenvalue weighted by Gasteiger charge is -2.31. The SMILES string of the molecule is N#CC1(Cc2ccc(F)cc2)CC2CCC1C2. The molecular formula is C15H16FN. The molecule has 0 aliphatic heterocycles. The second-order valence-corrected chi connectivity index (χ2v) is 5.65. The first-order valence-electron chi connectivity index (χ1n) is 6.37. The largest absolute Gasteiger partial charge is 0.207 e. The molecule has 88 valence electrons. The fraction of sp³-hybridized carbons (Fsp3) is 0.533. The predicted molar refractivity (Wildman–Crippen MR) is 63.6 cm³/mol. The van der Waals surface area contributed by atoms with Crippen molar-refractivity contribution in [3.05, 3.63) is 35.6 Å². The average molecular weight is 229 g/mol. The van der Waals surface area contributed by atoms with E-state index in [1.807, 2.05) is 12.1 Å². The molecular weight excluding hydrogens is 213 g/mol. The van der Waals surface area contributed by atoms with Gasteiger partial charge in [-0.05, 0) is 55.2 Å². The fourth-order valence-corrected chi connectivity index (χ4v) is 3.80. The van der Waals surface area contributed by atoms with Crippen LogP contribution in [-0.2, 0) is 6.42 Å². The van der Waals surface area contributed by atoms with Crippen LogP contribution < -0.4 is 0 Å². The van der Waals surface area contributed by atoms with E-state index < -0.39 is 0 Å². The average Bonchev–Trinajstić information content (AvgIpc) is 2.93. The highest BCUT2D eigenvalue weighted by Crippen LogP contribution is 2.56. The van der Waals surface area contributed by atoms with Crippen LogP contribution in [0.4, 0.5) is 4.39 Å². The van der Waals surface area contributed by atoms with Crippen LogP contribution in [0.25, 0.3) is 0 Å². The molecule has 0 aromatic heterocycles. The van der Waals surface area contributed by atoms with E-state index in [4.69, 9.17) is 0 Å². The number of nitrogens with zero attached hydrogens (tertiary/aromatic N) is 1. The van der Waals surface area contributed by atoms with Gasteiger partial charge in [0.05, 0.1) is 11.5 Å². The van der Waals surface area contributed by atoms with Gasteiger partial charge in [-0.15, -0.1) is 0 Å². The molecule has 2 aliphatic rings. The molecule has 17 heavy (non-hydrogen) atoms. The van der Waals surface area contributed by atoms with Crippen molar-refractivity contribution in [2.75, 3.05) is 0 Å². The molecule has 0 radical (unpaired) electrons. The highest BCUT2D eigenvalue weighted by Gasteiger charge is 2.51. The van der Waals surface area contributed by atoms with Crippen molar-refractivity contribution in [1.29, 1.82) is 5.26 Å². The van der Waals surface area contributed by atoms with Crippen LogP contribution in [0.15, 0.2) is 24.3 Å². The number of hydrogen-bond acceptors (Lipinski definition) is 1. The van der Waals surface area contributed by atoms with E-state index in [9.17, 15) is 9.65 Å². The van der Waals surface area contributed by atoms with Crippen molar-refractivity contribution < 1.29 is 4.39 Å². The Morgan fingerprint density at radius 2 is 2.06 bits per heavy atom. The molecule has 2 bridgehead atoms. The van der Waals surface area contributed by atoms with Crippen molar-refractivity contribution >= 4 is 0 Å². The first kappa shape index (κ1) is 10.8. The Morgan fingerprint density at radius 1 is 1.29 bits per heavy atom. The van der Waals surface area contributed by atoms with Gasteiger partial charge in [-0.3, -0.25) is 0 Å². The molecule has 0 N–H and O–H groups in total. The fourth-order valence-electron chi connectivity index (χ4n) is 3.80. The number of nitriles is 1. The van der Waals surface area contributed by atoms with Gasteiger partial charge in [-0.2, -0.15) is 5.26 Å². The quantitative estimate of drug-likeness (QED) is 0.758. The van der Waals surface area contributed by atoms with E-state index in [0.717, 1.165) is 24.3 Å². The number of hydrogen-bond donors (Lipinski definition) is 0. The van der Waals surface area contributed by atoms with Crippen molar-refractivity contribution in [1.82, 2.24) is 0 Å². The number of halogens is 1. The maximum absolute atomic E-state index is 12.9. The van der Waals surface area contributed by atoms with Crippen LogP contribution in [0.2, 0.25) is 0 Å². The molecule has 0 spiro atoms. The predicted octanol–water partition coefficient (Wildman–Crippen LogP) is 3.70. The lowest BCUT2D eigenvalue weighted by molar-refractivity contribution is 0.239. The summed E-state index contributed by atoms with van der Waals surface area (Å²) in [6.07, 6.45) is 5.59. The zero-order valence-electron chi connectivity index (χ0n) is 9.82. The highest BCUT2D eigenvalue weighted by molar-refractivity contribution is 5.23. The van der Waals surface area contributed by atoms with Gasteiger partial charge in [0.15, 0.2) is 0 Å². The van der Waals surface area contributed by atoms with Gasteiger partial charge in [0.1, 0.15) is 5.82 Å². The van der Waals surface area contributed by atoms with E-state index >= 15 is 0 Å². The van der Waals surface area contributed by atoms with Crippen LogP contribution >= 0.6 is 0 Å². The Hall–Kier alpha value is -1.36. The summed E-state index contributed by atoms with van der Waals surface area (Å²) in [5.41, 5.74) is 0.932. The molecule has 1 aromatic carbocycles. The lowest BCUT2D eigenvalue weighted by Crippen LogP contribution is -2.28. The second kappa shape index (κ2) is 3.84. The van der Waals surface area contributed by atoms with Gasteiger partial charge in [-0.1, -0.05) is 18.6 Å². The third kappa shape index (κ3) is 1.74. The van der Waals surface area contributed by atoms with Crippen LogP contribution in [-0.4, -0.2) is 0 Å². The molecule has 2 heteroatoms. The van der Waals surface area contributed by atoms with Gasteiger partial charge < -0.3 is 0 Å². The van der Waals surface area contributed by atoms with Gasteiger partial charge >= 0.3 is 0 Å². The Balaban J connectivity index is 1.84. The molecule has 2 aliphatic carbocycles. The molecule has 3 atom stereocenters. The number of fused-ring (bicyclic) bond motifs is 2. The second-order valence-electron chi connectivity index (χ2n) is 5.65. The van der Waals surface area contributed by atoms with E-state index in [1.165, 1.54) is 31.4 Å². The summed E-state index contributed by atoms with van der Waals surface area (Å²) < 4.78 is 12.9. The van der Waals surface area contributed by atoms with E-state index in [1.54, 1.807) is 0 Å². The molecule has 3 rings (SSSR count). The Bertz CT molecular complexity index is 459. The number of benzene rings is 1. The molecule has 2 saturated carbocycles. The minimum Gasteiger partial charge on any atom is -0.207 e. The Morgan fingerprint density at radius 3 is 2.59 bits per heavy atom. The molecule has 2 fully saturated rings. The van der Waals surface area contributed by atoms with Crippen LogP contribution in [0.5, 0.6) is 0 Å². The summed E-state index contributed by atoms with van der Waals surface area (Å²) in [5, 5.41) is 9.53. The first-order valence-corrected chi connectivity index (χ1v) is 6.37. The highest BCUT2D eigenvalue weighted by atomic mass is 19.1. The van der Waals surface area contributed by atoms with Crippen molar-refractivity contribution in [2.45, 2.75) is 32.1 Å². The maximum atomic E-state index is 12.9. The molecule has 0 saturated heterocycles. The van der Waals surface area contributed by atoms with Gasteiger partial charge in [0.25, 0.3) is 0 Å².